The lowest BCUT2D eigenvalue weighted by Crippen LogP contribution is -2.38. The normalized spacial score (nSPS) is 14.6. The minimum Gasteiger partial charge on any atom is -0.497 e. The highest BCUT2D eigenvalue weighted by molar-refractivity contribution is 5.77. The monoisotopic (exact) mass is 520 g/mol. The van der Waals surface area contributed by atoms with E-state index >= 15 is 0 Å². The molecular formula is C26H31F3N4O4. The molecule has 1 amide bonds. The lowest BCUT2D eigenvalue weighted by Gasteiger charge is -2.26. The van der Waals surface area contributed by atoms with E-state index in [1.54, 1.807) is 47.1 Å². The molecule has 1 aliphatic heterocycles. The Bertz CT molecular complexity index is 1280. The van der Waals surface area contributed by atoms with Gasteiger partial charge < -0.3 is 24.1 Å². The average molecular weight is 521 g/mol. The fourth-order valence-electron chi connectivity index (χ4n) is 4.49. The predicted octanol–water partition coefficient (Wildman–Crippen LogP) is 3.71. The van der Waals surface area contributed by atoms with Crippen LogP contribution in [0.5, 0.6) is 11.5 Å². The second kappa shape index (κ2) is 11.7. The van der Waals surface area contributed by atoms with Crippen LogP contribution in [0.4, 0.5) is 13.2 Å². The minimum atomic E-state index is -4.55. The maximum Gasteiger partial charge on any atom is 0.405 e. The summed E-state index contributed by atoms with van der Waals surface area (Å²) in [5.41, 5.74) is 0.650. The highest BCUT2D eigenvalue weighted by atomic mass is 19.4. The Kier molecular flexibility index (Phi) is 8.42. The van der Waals surface area contributed by atoms with Crippen molar-refractivity contribution in [1.82, 2.24) is 19.2 Å². The zero-order chi connectivity index (χ0) is 26.4. The van der Waals surface area contributed by atoms with Gasteiger partial charge in [0.1, 0.15) is 30.1 Å². The summed E-state index contributed by atoms with van der Waals surface area (Å²) in [6.07, 6.45) is 3.37. The van der Waals surface area contributed by atoms with Gasteiger partial charge in [0.15, 0.2) is 0 Å². The molecule has 4 rings (SSSR count). The van der Waals surface area contributed by atoms with Crippen LogP contribution in [-0.2, 0) is 11.3 Å². The summed E-state index contributed by atoms with van der Waals surface area (Å²) in [5.74, 6) is 0.114. The van der Waals surface area contributed by atoms with Crippen molar-refractivity contribution in [3.8, 4) is 22.8 Å². The van der Waals surface area contributed by atoms with Crippen molar-refractivity contribution in [2.45, 2.75) is 38.4 Å². The van der Waals surface area contributed by atoms with Crippen molar-refractivity contribution >= 4 is 11.4 Å². The zero-order valence-electron chi connectivity index (χ0n) is 20.7. The molecule has 1 aromatic carbocycles. The van der Waals surface area contributed by atoms with Gasteiger partial charge in [-0.05, 0) is 44.5 Å². The van der Waals surface area contributed by atoms with Gasteiger partial charge in [-0.25, -0.2) is 0 Å². The first-order chi connectivity index (χ1) is 17.7. The van der Waals surface area contributed by atoms with Crippen LogP contribution in [-0.4, -0.2) is 65.8 Å². The minimum absolute atomic E-state index is 0.251. The van der Waals surface area contributed by atoms with E-state index in [4.69, 9.17) is 9.47 Å². The molecule has 3 aromatic rings. The average Bonchev–Trinajstić information content (AvgIpc) is 3.30. The number of aromatic nitrogens is 2. The van der Waals surface area contributed by atoms with Crippen LogP contribution in [0.25, 0.3) is 16.8 Å². The third-order valence-electron chi connectivity index (χ3n) is 6.33. The van der Waals surface area contributed by atoms with Gasteiger partial charge in [0.2, 0.25) is 5.91 Å². The smallest absolute Gasteiger partial charge is 0.405 e. The van der Waals surface area contributed by atoms with Gasteiger partial charge in [0.25, 0.3) is 5.56 Å². The number of alkyl halides is 3. The number of amides is 1. The predicted molar refractivity (Wildman–Crippen MR) is 133 cm³/mol. The molecule has 1 saturated heterocycles. The molecule has 37 heavy (non-hydrogen) atoms. The SMILES string of the molecule is COc1cccc(-c2cn3cc(OCCCN4CCCCC4)cc3c(=O)n2CC(=O)NCC(F)(F)F)c1. The second-order valence-electron chi connectivity index (χ2n) is 9.10. The van der Waals surface area contributed by atoms with E-state index in [-0.39, 0.29) is 5.52 Å². The molecule has 11 heteroatoms. The summed E-state index contributed by atoms with van der Waals surface area (Å²) in [7, 11) is 1.50. The number of likely N-dealkylation sites (tertiary alicyclic amines) is 1. The molecule has 0 unspecified atom stereocenters. The first kappa shape index (κ1) is 26.6. The van der Waals surface area contributed by atoms with Gasteiger partial charge >= 0.3 is 6.18 Å². The molecule has 200 valence electrons. The highest BCUT2D eigenvalue weighted by Gasteiger charge is 2.28. The molecule has 1 fully saturated rings. The summed E-state index contributed by atoms with van der Waals surface area (Å²) >= 11 is 0. The van der Waals surface area contributed by atoms with Crippen molar-refractivity contribution < 1.29 is 27.4 Å². The number of benzene rings is 1. The number of methoxy groups -OCH3 is 1. The van der Waals surface area contributed by atoms with E-state index in [2.05, 4.69) is 4.90 Å². The van der Waals surface area contributed by atoms with Crippen LogP contribution < -0.4 is 20.3 Å². The second-order valence-corrected chi connectivity index (χ2v) is 9.10. The molecular weight excluding hydrogens is 489 g/mol. The topological polar surface area (TPSA) is 77.2 Å². The van der Waals surface area contributed by atoms with Gasteiger partial charge in [0, 0.05) is 24.4 Å². The number of fused-ring (bicyclic) bond motifs is 1. The molecule has 2 aromatic heterocycles. The van der Waals surface area contributed by atoms with Crippen LogP contribution in [0.1, 0.15) is 25.7 Å². The molecule has 0 atom stereocenters. The summed E-state index contributed by atoms with van der Waals surface area (Å²) in [5, 5.41) is 1.83. The molecule has 1 aliphatic rings. The zero-order valence-corrected chi connectivity index (χ0v) is 20.7. The van der Waals surface area contributed by atoms with Gasteiger partial charge in [-0.1, -0.05) is 18.6 Å². The summed E-state index contributed by atoms with van der Waals surface area (Å²) in [6, 6.07) is 8.46. The van der Waals surface area contributed by atoms with E-state index in [0.29, 0.717) is 29.4 Å². The van der Waals surface area contributed by atoms with E-state index in [0.717, 1.165) is 30.6 Å². The number of piperidine rings is 1. The number of nitrogens with one attached hydrogen (secondary N) is 1. The number of carbonyl (C=O) groups is 1. The van der Waals surface area contributed by atoms with Crippen molar-refractivity contribution in [3.63, 3.8) is 0 Å². The Balaban J connectivity index is 1.58. The maximum absolute atomic E-state index is 13.4. The fraction of sp³-hybridized carbons (Fsp3) is 0.462. The third-order valence-corrected chi connectivity index (χ3v) is 6.33. The van der Waals surface area contributed by atoms with Crippen LogP contribution in [0.3, 0.4) is 0 Å². The lowest BCUT2D eigenvalue weighted by atomic mass is 10.1. The highest BCUT2D eigenvalue weighted by Crippen LogP contribution is 2.25. The number of ether oxygens (including phenoxy) is 2. The van der Waals surface area contributed by atoms with Crippen molar-refractivity contribution in [2.24, 2.45) is 0 Å². The molecule has 3 heterocycles. The van der Waals surface area contributed by atoms with E-state index < -0.39 is 30.7 Å². The molecule has 0 saturated carbocycles. The van der Waals surface area contributed by atoms with E-state index in [9.17, 15) is 22.8 Å². The Morgan fingerprint density at radius 2 is 1.86 bits per heavy atom. The first-order valence-corrected chi connectivity index (χ1v) is 12.3. The summed E-state index contributed by atoms with van der Waals surface area (Å²) in [6.45, 7) is 1.61. The number of hydrogen-bond acceptors (Lipinski definition) is 5. The standard InChI is InChI=1S/C26H31F3N4O4/c1-36-20-8-5-7-19(13-20)23-16-32-15-21(37-12-6-11-31-9-3-2-4-10-31)14-22(32)25(35)33(23)17-24(34)30-18-26(27,28)29/h5,7-8,13-16H,2-4,6,9-12,17-18H2,1H3,(H,30,34). The van der Waals surface area contributed by atoms with Crippen molar-refractivity contribution in [2.75, 3.05) is 39.9 Å². The van der Waals surface area contributed by atoms with Crippen LogP contribution >= 0.6 is 0 Å². The molecule has 0 spiro atoms. The molecule has 0 bridgehead atoms. The number of rotatable bonds is 10. The number of halogens is 3. The quantitative estimate of drug-likeness (QED) is 0.413. The Morgan fingerprint density at radius 1 is 1.08 bits per heavy atom. The summed E-state index contributed by atoms with van der Waals surface area (Å²) < 4.78 is 51.7. The Labute approximate surface area is 212 Å². The fourth-order valence-corrected chi connectivity index (χ4v) is 4.49. The third kappa shape index (κ3) is 7.06. The molecule has 0 radical (unpaired) electrons. The van der Waals surface area contributed by atoms with Crippen LogP contribution in [0, 0.1) is 0 Å². The largest absolute Gasteiger partial charge is 0.497 e. The Hall–Kier alpha value is -3.47. The number of carbonyl (C=O) groups excluding carboxylic acids is 1. The first-order valence-electron chi connectivity index (χ1n) is 12.3. The van der Waals surface area contributed by atoms with Gasteiger partial charge in [0.05, 0.1) is 25.6 Å². The van der Waals surface area contributed by atoms with Crippen LogP contribution in [0.2, 0.25) is 0 Å². The van der Waals surface area contributed by atoms with Gasteiger partial charge in [-0.15, -0.1) is 0 Å². The molecule has 1 N–H and O–H groups in total. The maximum atomic E-state index is 13.4. The van der Waals surface area contributed by atoms with Gasteiger partial charge in [-0.2, -0.15) is 13.2 Å². The summed E-state index contributed by atoms with van der Waals surface area (Å²) in [4.78, 5) is 28.2. The molecule has 8 nitrogen and oxygen atoms in total. The van der Waals surface area contributed by atoms with Crippen molar-refractivity contribution in [3.05, 3.63) is 53.1 Å². The number of hydrogen-bond donors (Lipinski definition) is 1. The number of nitrogens with zero attached hydrogens (tertiary/aromatic N) is 3. The van der Waals surface area contributed by atoms with E-state index in [1.165, 1.54) is 26.4 Å². The van der Waals surface area contributed by atoms with Crippen molar-refractivity contribution in [1.29, 1.82) is 0 Å². The lowest BCUT2D eigenvalue weighted by molar-refractivity contribution is -0.138. The Morgan fingerprint density at radius 3 is 2.59 bits per heavy atom. The molecule has 0 aliphatic carbocycles. The van der Waals surface area contributed by atoms with Crippen LogP contribution in [0.15, 0.2) is 47.5 Å². The van der Waals surface area contributed by atoms with Gasteiger partial charge in [-0.3, -0.25) is 14.2 Å². The van der Waals surface area contributed by atoms with E-state index in [1.807, 2.05) is 5.32 Å².